The molecule has 0 aliphatic heterocycles. The third-order valence-corrected chi connectivity index (χ3v) is 2.79. The molecule has 1 heterocycles. The molecule has 0 unspecified atom stereocenters. The van der Waals surface area contributed by atoms with E-state index in [1.54, 1.807) is 29.1 Å². The van der Waals surface area contributed by atoms with Gasteiger partial charge in [0.1, 0.15) is 0 Å². The first kappa shape index (κ1) is 13.9. The Labute approximate surface area is 117 Å². The number of amides is 1. The first-order valence-electron chi connectivity index (χ1n) is 6.38. The molecule has 1 aromatic carbocycles. The van der Waals surface area contributed by atoms with Crippen LogP contribution in [0, 0.1) is 0 Å². The van der Waals surface area contributed by atoms with Gasteiger partial charge in [-0.15, -0.1) is 0 Å². The molecule has 0 aliphatic rings. The van der Waals surface area contributed by atoms with Gasteiger partial charge >= 0.3 is 0 Å². The Hall–Kier alpha value is -2.50. The number of hydrogen-bond donors (Lipinski definition) is 2. The van der Waals surface area contributed by atoms with E-state index in [9.17, 15) is 4.79 Å². The van der Waals surface area contributed by atoms with E-state index in [1.165, 1.54) is 0 Å². The lowest BCUT2D eigenvalue weighted by molar-refractivity contribution is 0.0947. The minimum absolute atomic E-state index is 0.218. The Bertz CT molecular complexity index is 607. The van der Waals surface area contributed by atoms with E-state index in [0.29, 0.717) is 30.2 Å². The zero-order valence-corrected chi connectivity index (χ0v) is 11.6. The number of nitrogens with zero attached hydrogens (tertiary/aromatic N) is 2. The Kier molecular flexibility index (Phi) is 4.24. The standard InChI is InChI=1S/C14H18N4O2/c1-3-20-13-11(5-4-6-12(13)15)14(19)16-7-10-8-17-18(2)9-10/h4-6,8-9H,3,7,15H2,1-2H3,(H,16,19). The van der Waals surface area contributed by atoms with Crippen LogP contribution in [0.5, 0.6) is 5.75 Å². The molecule has 0 fully saturated rings. The van der Waals surface area contributed by atoms with Crippen molar-refractivity contribution in [2.24, 2.45) is 7.05 Å². The topological polar surface area (TPSA) is 82.2 Å². The number of nitrogen functional groups attached to an aromatic ring is 1. The van der Waals surface area contributed by atoms with Gasteiger partial charge in [0.15, 0.2) is 5.75 Å². The molecular formula is C14H18N4O2. The van der Waals surface area contributed by atoms with E-state index < -0.39 is 0 Å². The highest BCUT2D eigenvalue weighted by Gasteiger charge is 2.14. The SMILES string of the molecule is CCOc1c(N)cccc1C(=O)NCc1cnn(C)c1. The van der Waals surface area contributed by atoms with Gasteiger partial charge in [-0.25, -0.2) is 0 Å². The zero-order chi connectivity index (χ0) is 14.5. The number of carbonyl (C=O) groups excluding carboxylic acids is 1. The lowest BCUT2D eigenvalue weighted by atomic mass is 10.1. The van der Waals surface area contributed by atoms with Crippen LogP contribution in [0.4, 0.5) is 5.69 Å². The molecule has 0 atom stereocenters. The van der Waals surface area contributed by atoms with Crippen LogP contribution in [-0.4, -0.2) is 22.3 Å². The van der Waals surface area contributed by atoms with Crippen LogP contribution >= 0.6 is 0 Å². The molecule has 3 N–H and O–H groups in total. The van der Waals surface area contributed by atoms with E-state index in [-0.39, 0.29) is 5.91 Å². The van der Waals surface area contributed by atoms with Crippen molar-refractivity contribution in [1.29, 1.82) is 0 Å². The third kappa shape index (κ3) is 3.09. The lowest BCUT2D eigenvalue weighted by Gasteiger charge is -2.12. The zero-order valence-electron chi connectivity index (χ0n) is 11.6. The van der Waals surface area contributed by atoms with Gasteiger partial charge in [-0.1, -0.05) is 6.07 Å². The van der Waals surface area contributed by atoms with Crippen LogP contribution in [0.1, 0.15) is 22.8 Å². The molecule has 0 spiro atoms. The van der Waals surface area contributed by atoms with Crippen LogP contribution in [-0.2, 0) is 13.6 Å². The minimum atomic E-state index is -0.218. The highest BCUT2D eigenvalue weighted by atomic mass is 16.5. The molecule has 20 heavy (non-hydrogen) atoms. The molecular weight excluding hydrogens is 256 g/mol. The first-order valence-corrected chi connectivity index (χ1v) is 6.38. The van der Waals surface area contributed by atoms with Gasteiger partial charge in [-0.2, -0.15) is 5.10 Å². The maximum absolute atomic E-state index is 12.2. The number of hydrogen-bond acceptors (Lipinski definition) is 4. The fraction of sp³-hybridized carbons (Fsp3) is 0.286. The van der Waals surface area contributed by atoms with Crippen LogP contribution in [0.2, 0.25) is 0 Å². The normalized spacial score (nSPS) is 10.3. The Balaban J connectivity index is 2.10. The van der Waals surface area contributed by atoms with Gasteiger partial charge in [0.25, 0.3) is 5.91 Å². The number of aromatic nitrogens is 2. The lowest BCUT2D eigenvalue weighted by Crippen LogP contribution is -2.23. The van der Waals surface area contributed by atoms with Crippen molar-refractivity contribution in [3.8, 4) is 5.75 Å². The second-order valence-corrected chi connectivity index (χ2v) is 4.36. The molecule has 0 aliphatic carbocycles. The minimum Gasteiger partial charge on any atom is -0.491 e. The van der Waals surface area contributed by atoms with Crippen LogP contribution < -0.4 is 15.8 Å². The second kappa shape index (κ2) is 6.10. The summed E-state index contributed by atoms with van der Waals surface area (Å²) in [5.74, 6) is 0.211. The number of benzene rings is 1. The Morgan fingerprint density at radius 2 is 2.30 bits per heavy atom. The fourth-order valence-corrected chi connectivity index (χ4v) is 1.88. The van der Waals surface area contributed by atoms with Gasteiger partial charge in [0, 0.05) is 25.4 Å². The Morgan fingerprint density at radius 1 is 1.50 bits per heavy atom. The quantitative estimate of drug-likeness (QED) is 0.806. The summed E-state index contributed by atoms with van der Waals surface area (Å²) < 4.78 is 7.13. The number of nitrogens with two attached hydrogens (primary N) is 1. The van der Waals surface area contributed by atoms with E-state index in [0.717, 1.165) is 5.56 Å². The van der Waals surface area contributed by atoms with Gasteiger partial charge in [0.2, 0.25) is 0 Å². The number of aryl methyl sites for hydroxylation is 1. The van der Waals surface area contributed by atoms with Crippen molar-refractivity contribution in [2.75, 3.05) is 12.3 Å². The van der Waals surface area contributed by atoms with Crippen molar-refractivity contribution < 1.29 is 9.53 Å². The maximum Gasteiger partial charge on any atom is 0.255 e. The average molecular weight is 274 g/mol. The van der Waals surface area contributed by atoms with Gasteiger partial charge in [-0.05, 0) is 19.1 Å². The summed E-state index contributed by atoms with van der Waals surface area (Å²) in [5, 5.41) is 6.88. The number of carbonyl (C=O) groups is 1. The summed E-state index contributed by atoms with van der Waals surface area (Å²) in [4.78, 5) is 12.2. The second-order valence-electron chi connectivity index (χ2n) is 4.36. The molecule has 0 saturated carbocycles. The molecule has 6 nitrogen and oxygen atoms in total. The van der Waals surface area contributed by atoms with Gasteiger partial charge < -0.3 is 15.8 Å². The first-order chi connectivity index (χ1) is 9.61. The molecule has 0 saturated heterocycles. The van der Waals surface area contributed by atoms with Crippen molar-refractivity contribution in [2.45, 2.75) is 13.5 Å². The van der Waals surface area contributed by atoms with Crippen molar-refractivity contribution >= 4 is 11.6 Å². The number of ether oxygens (including phenoxy) is 1. The predicted molar refractivity (Wildman–Crippen MR) is 76.4 cm³/mol. The van der Waals surface area contributed by atoms with Crippen molar-refractivity contribution in [1.82, 2.24) is 15.1 Å². The smallest absolute Gasteiger partial charge is 0.255 e. The molecule has 1 amide bonds. The molecule has 0 bridgehead atoms. The number of anilines is 1. The largest absolute Gasteiger partial charge is 0.491 e. The highest BCUT2D eigenvalue weighted by Crippen LogP contribution is 2.26. The maximum atomic E-state index is 12.2. The monoisotopic (exact) mass is 274 g/mol. The van der Waals surface area contributed by atoms with Gasteiger partial charge in [-0.3, -0.25) is 9.48 Å². The highest BCUT2D eigenvalue weighted by molar-refractivity contribution is 5.98. The summed E-state index contributed by atoms with van der Waals surface area (Å²) >= 11 is 0. The van der Waals surface area contributed by atoms with E-state index in [1.807, 2.05) is 20.2 Å². The van der Waals surface area contributed by atoms with Crippen molar-refractivity contribution in [3.63, 3.8) is 0 Å². The van der Waals surface area contributed by atoms with E-state index in [2.05, 4.69) is 10.4 Å². The number of para-hydroxylation sites is 1. The Morgan fingerprint density at radius 3 is 2.95 bits per heavy atom. The van der Waals surface area contributed by atoms with Gasteiger partial charge in [0.05, 0.1) is 24.1 Å². The molecule has 106 valence electrons. The van der Waals surface area contributed by atoms with E-state index >= 15 is 0 Å². The molecule has 6 heteroatoms. The van der Waals surface area contributed by atoms with Crippen LogP contribution in [0.25, 0.3) is 0 Å². The molecule has 2 aromatic rings. The molecule has 2 rings (SSSR count). The predicted octanol–water partition coefficient (Wildman–Crippen LogP) is 1.33. The summed E-state index contributed by atoms with van der Waals surface area (Å²) in [7, 11) is 1.83. The average Bonchev–Trinajstić information content (AvgIpc) is 2.84. The third-order valence-electron chi connectivity index (χ3n) is 2.79. The number of nitrogens with one attached hydrogen (secondary N) is 1. The van der Waals surface area contributed by atoms with E-state index in [4.69, 9.17) is 10.5 Å². The van der Waals surface area contributed by atoms with Crippen LogP contribution in [0.3, 0.4) is 0 Å². The summed E-state index contributed by atoms with van der Waals surface area (Å²) in [6, 6.07) is 5.14. The summed E-state index contributed by atoms with van der Waals surface area (Å²) in [6.45, 7) is 2.72. The van der Waals surface area contributed by atoms with Crippen molar-refractivity contribution in [3.05, 3.63) is 41.7 Å². The summed E-state index contributed by atoms with van der Waals surface area (Å²) in [5.41, 5.74) is 7.67. The summed E-state index contributed by atoms with van der Waals surface area (Å²) in [6.07, 6.45) is 3.56. The molecule has 1 aromatic heterocycles. The fourth-order valence-electron chi connectivity index (χ4n) is 1.88. The van der Waals surface area contributed by atoms with Crippen LogP contribution in [0.15, 0.2) is 30.6 Å². The molecule has 0 radical (unpaired) electrons. The number of rotatable bonds is 5.